The van der Waals surface area contributed by atoms with Crippen molar-refractivity contribution in [1.82, 2.24) is 9.80 Å². The van der Waals surface area contributed by atoms with Gasteiger partial charge in [-0.15, -0.1) is 11.3 Å². The zero-order valence-corrected chi connectivity index (χ0v) is 21.9. The molecule has 1 unspecified atom stereocenters. The summed E-state index contributed by atoms with van der Waals surface area (Å²) in [6.45, 7) is 7.67. The summed E-state index contributed by atoms with van der Waals surface area (Å²) < 4.78 is 0. The summed E-state index contributed by atoms with van der Waals surface area (Å²) in [5, 5.41) is 2.12. The van der Waals surface area contributed by atoms with Crippen LogP contribution in [0.5, 0.6) is 0 Å². The molecule has 4 nitrogen and oxygen atoms in total. The molecule has 1 aromatic heterocycles. The highest BCUT2D eigenvalue weighted by atomic mass is 32.1. The standard InChI is InChI=1S/C30H36N2O2S/c1-4-5-9-23-12-14-25(15-13-23)30(34)31(20-22(2)3)21-28(33)32-18-16-27-26(17-19-35-27)29(32)24-10-7-6-8-11-24/h6-8,10-15,17,19,22,29H,4-5,9,16,18,20-21H2,1-3H3. The lowest BCUT2D eigenvalue weighted by Gasteiger charge is -2.38. The maximum Gasteiger partial charge on any atom is 0.254 e. The van der Waals surface area contributed by atoms with Crippen molar-refractivity contribution in [3.05, 3.63) is 93.2 Å². The van der Waals surface area contributed by atoms with Crippen molar-refractivity contribution in [3.63, 3.8) is 0 Å². The molecule has 5 heteroatoms. The van der Waals surface area contributed by atoms with Crippen LogP contribution >= 0.6 is 11.3 Å². The smallest absolute Gasteiger partial charge is 0.254 e. The van der Waals surface area contributed by atoms with E-state index < -0.39 is 0 Å². The van der Waals surface area contributed by atoms with Crippen LogP contribution in [0.15, 0.2) is 66.0 Å². The van der Waals surface area contributed by atoms with Gasteiger partial charge in [0, 0.05) is 23.5 Å². The molecule has 184 valence electrons. The molecule has 3 aromatic rings. The molecule has 1 aliphatic heterocycles. The Labute approximate surface area is 213 Å². The fourth-order valence-corrected chi connectivity index (χ4v) is 5.78. The van der Waals surface area contributed by atoms with Gasteiger partial charge in [0.25, 0.3) is 5.91 Å². The van der Waals surface area contributed by atoms with Gasteiger partial charge in [-0.05, 0) is 65.4 Å². The van der Waals surface area contributed by atoms with Gasteiger partial charge in [0.1, 0.15) is 6.54 Å². The van der Waals surface area contributed by atoms with E-state index >= 15 is 0 Å². The van der Waals surface area contributed by atoms with Crippen molar-refractivity contribution >= 4 is 23.2 Å². The topological polar surface area (TPSA) is 40.6 Å². The summed E-state index contributed by atoms with van der Waals surface area (Å²) in [6.07, 6.45) is 4.18. The Morgan fingerprint density at radius 2 is 1.80 bits per heavy atom. The van der Waals surface area contributed by atoms with Crippen LogP contribution in [-0.4, -0.2) is 41.2 Å². The molecule has 4 rings (SSSR count). The van der Waals surface area contributed by atoms with Crippen LogP contribution in [0.1, 0.15) is 71.6 Å². The van der Waals surface area contributed by atoms with Gasteiger partial charge in [-0.2, -0.15) is 0 Å². The molecule has 0 spiro atoms. The molecule has 0 bridgehead atoms. The van der Waals surface area contributed by atoms with Crippen molar-refractivity contribution in [2.75, 3.05) is 19.6 Å². The van der Waals surface area contributed by atoms with Crippen molar-refractivity contribution in [2.24, 2.45) is 5.92 Å². The second-order valence-electron chi connectivity index (χ2n) is 9.83. The van der Waals surface area contributed by atoms with E-state index in [-0.39, 0.29) is 30.3 Å². The molecule has 2 heterocycles. The van der Waals surface area contributed by atoms with Gasteiger partial charge < -0.3 is 9.80 Å². The largest absolute Gasteiger partial charge is 0.330 e. The molecule has 2 aromatic carbocycles. The Morgan fingerprint density at radius 3 is 2.49 bits per heavy atom. The van der Waals surface area contributed by atoms with Crippen molar-refractivity contribution in [3.8, 4) is 0 Å². The van der Waals surface area contributed by atoms with E-state index in [1.165, 1.54) is 16.0 Å². The Balaban J connectivity index is 1.55. The number of carbonyl (C=O) groups excluding carboxylic acids is 2. The fraction of sp³-hybridized carbons (Fsp3) is 0.400. The van der Waals surface area contributed by atoms with Crippen molar-refractivity contribution in [2.45, 2.75) is 52.5 Å². The SMILES string of the molecule is CCCCc1ccc(C(=O)N(CC(=O)N2CCc3sccc3C2c2ccccc2)CC(C)C)cc1. The van der Waals surface area contributed by atoms with E-state index in [1.807, 2.05) is 47.4 Å². The van der Waals surface area contributed by atoms with E-state index in [4.69, 9.17) is 0 Å². The first-order valence-corrected chi connectivity index (χ1v) is 13.6. The molecule has 0 aliphatic carbocycles. The van der Waals surface area contributed by atoms with Crippen LogP contribution in [-0.2, 0) is 17.6 Å². The maximum atomic E-state index is 13.7. The summed E-state index contributed by atoms with van der Waals surface area (Å²) in [4.78, 5) is 32.3. The van der Waals surface area contributed by atoms with Gasteiger partial charge in [-0.1, -0.05) is 69.7 Å². The predicted molar refractivity (Wildman–Crippen MR) is 144 cm³/mol. The molecule has 2 amide bonds. The molecule has 0 saturated carbocycles. The number of fused-ring (bicyclic) bond motifs is 1. The quantitative estimate of drug-likeness (QED) is 0.351. The van der Waals surface area contributed by atoms with Crippen LogP contribution in [0, 0.1) is 5.92 Å². The minimum atomic E-state index is -0.104. The molecule has 35 heavy (non-hydrogen) atoms. The zero-order chi connectivity index (χ0) is 24.8. The van der Waals surface area contributed by atoms with Gasteiger partial charge in [0.05, 0.1) is 6.04 Å². The number of unbranched alkanes of at least 4 members (excludes halogenated alkanes) is 1. The Bertz CT molecular complexity index is 1120. The average molecular weight is 489 g/mol. The summed E-state index contributed by atoms with van der Waals surface area (Å²) >= 11 is 1.77. The number of carbonyl (C=O) groups is 2. The number of amides is 2. The first-order chi connectivity index (χ1) is 17.0. The molecule has 1 atom stereocenters. The van der Waals surface area contributed by atoms with Gasteiger partial charge in [0.2, 0.25) is 5.91 Å². The molecular weight excluding hydrogens is 452 g/mol. The lowest BCUT2D eigenvalue weighted by Crippen LogP contribution is -2.47. The normalized spacial score (nSPS) is 15.2. The lowest BCUT2D eigenvalue weighted by atomic mass is 9.93. The van der Waals surface area contributed by atoms with E-state index in [0.717, 1.165) is 31.2 Å². The second-order valence-corrected chi connectivity index (χ2v) is 10.8. The fourth-order valence-electron chi connectivity index (χ4n) is 4.87. The molecule has 0 fully saturated rings. The van der Waals surface area contributed by atoms with Crippen LogP contribution in [0.4, 0.5) is 0 Å². The Hall–Kier alpha value is -2.92. The summed E-state index contributed by atoms with van der Waals surface area (Å²) in [5.74, 6) is 0.202. The molecule has 1 aliphatic rings. The number of hydrogen-bond acceptors (Lipinski definition) is 3. The van der Waals surface area contributed by atoms with Gasteiger partial charge in [-0.3, -0.25) is 9.59 Å². The van der Waals surface area contributed by atoms with Crippen LogP contribution in [0.3, 0.4) is 0 Å². The minimum Gasteiger partial charge on any atom is -0.330 e. The van der Waals surface area contributed by atoms with Crippen LogP contribution in [0.25, 0.3) is 0 Å². The van der Waals surface area contributed by atoms with Gasteiger partial charge >= 0.3 is 0 Å². The number of aryl methyl sites for hydroxylation is 1. The number of rotatable bonds is 9. The molecule has 0 N–H and O–H groups in total. The highest BCUT2D eigenvalue weighted by Crippen LogP contribution is 2.37. The lowest BCUT2D eigenvalue weighted by molar-refractivity contribution is -0.134. The predicted octanol–water partition coefficient (Wildman–Crippen LogP) is 6.36. The van der Waals surface area contributed by atoms with E-state index in [2.05, 4.69) is 44.4 Å². The number of hydrogen-bond donors (Lipinski definition) is 0. The summed E-state index contributed by atoms with van der Waals surface area (Å²) in [6, 6.07) is 20.2. The van der Waals surface area contributed by atoms with Gasteiger partial charge in [0.15, 0.2) is 0 Å². The Kier molecular flexibility index (Phi) is 8.40. The van der Waals surface area contributed by atoms with Crippen molar-refractivity contribution < 1.29 is 9.59 Å². The third-order valence-corrected chi connectivity index (χ3v) is 7.62. The number of nitrogens with zero attached hydrogens (tertiary/aromatic N) is 2. The van der Waals surface area contributed by atoms with Crippen LogP contribution in [0.2, 0.25) is 0 Å². The average Bonchev–Trinajstić information content (AvgIpc) is 3.35. The molecule has 0 saturated heterocycles. The maximum absolute atomic E-state index is 13.7. The summed E-state index contributed by atoms with van der Waals surface area (Å²) in [5.41, 5.74) is 4.23. The zero-order valence-electron chi connectivity index (χ0n) is 21.1. The highest BCUT2D eigenvalue weighted by molar-refractivity contribution is 7.10. The second kappa shape index (κ2) is 11.7. The number of thiophene rings is 1. The summed E-state index contributed by atoms with van der Waals surface area (Å²) in [7, 11) is 0. The minimum absolute atomic E-state index is 0.00395. The van der Waals surface area contributed by atoms with Gasteiger partial charge in [-0.25, -0.2) is 0 Å². The third kappa shape index (κ3) is 6.02. The molecular formula is C30H36N2O2S. The van der Waals surface area contributed by atoms with E-state index in [1.54, 1.807) is 16.2 Å². The first kappa shape index (κ1) is 25.2. The monoisotopic (exact) mass is 488 g/mol. The van der Waals surface area contributed by atoms with Crippen LogP contribution < -0.4 is 0 Å². The Morgan fingerprint density at radius 1 is 1.06 bits per heavy atom. The third-order valence-electron chi connectivity index (χ3n) is 6.62. The molecule has 0 radical (unpaired) electrons. The number of benzene rings is 2. The highest BCUT2D eigenvalue weighted by Gasteiger charge is 2.34. The first-order valence-electron chi connectivity index (χ1n) is 12.8. The van der Waals surface area contributed by atoms with E-state index in [0.29, 0.717) is 18.7 Å². The van der Waals surface area contributed by atoms with E-state index in [9.17, 15) is 9.59 Å². The van der Waals surface area contributed by atoms with Crippen molar-refractivity contribution in [1.29, 1.82) is 0 Å².